The van der Waals surface area contributed by atoms with E-state index < -0.39 is 5.97 Å². The first-order chi connectivity index (χ1) is 9.11. The number of anilines is 2. The number of carboxylic acid groups (broad SMARTS) is 1. The van der Waals surface area contributed by atoms with Crippen LogP contribution in [-0.4, -0.2) is 16.1 Å². The minimum Gasteiger partial charge on any atom is -0.478 e. The second kappa shape index (κ2) is 5.84. The van der Waals surface area contributed by atoms with Crippen molar-refractivity contribution < 1.29 is 9.90 Å². The molecule has 4 nitrogen and oxygen atoms in total. The number of carbonyl (C=O) groups is 1. The number of hydrogen-bond donors (Lipinski definition) is 2. The monoisotopic (exact) mass is 320 g/mol. The number of nitrogens with one attached hydrogen (secondary N) is 1. The summed E-state index contributed by atoms with van der Waals surface area (Å²) in [6, 6.07) is 9.31. The van der Waals surface area contributed by atoms with Crippen LogP contribution in [0.4, 0.5) is 11.5 Å². The van der Waals surface area contributed by atoms with Crippen molar-refractivity contribution >= 4 is 33.4 Å². The van der Waals surface area contributed by atoms with E-state index in [4.69, 9.17) is 0 Å². The van der Waals surface area contributed by atoms with Crippen LogP contribution < -0.4 is 5.32 Å². The second-order valence-electron chi connectivity index (χ2n) is 3.99. The molecule has 0 aliphatic carbocycles. The lowest BCUT2D eigenvalue weighted by atomic mass is 10.1. The molecule has 2 rings (SSSR count). The lowest BCUT2D eigenvalue weighted by molar-refractivity contribution is 0.0697. The molecule has 0 saturated heterocycles. The summed E-state index contributed by atoms with van der Waals surface area (Å²) in [6.07, 6.45) is 2.44. The summed E-state index contributed by atoms with van der Waals surface area (Å²) in [5, 5.41) is 12.3. The van der Waals surface area contributed by atoms with Gasteiger partial charge in [-0.2, -0.15) is 0 Å². The maximum absolute atomic E-state index is 11.2. The predicted octanol–water partition coefficient (Wildman–Crippen LogP) is 3.85. The third kappa shape index (κ3) is 3.12. The summed E-state index contributed by atoms with van der Waals surface area (Å²) in [4.78, 5) is 15.3. The number of carboxylic acids is 1. The molecule has 19 heavy (non-hydrogen) atoms. The average Bonchev–Trinajstić information content (AvgIpc) is 2.41. The normalized spacial score (nSPS) is 10.2. The van der Waals surface area contributed by atoms with E-state index in [0.29, 0.717) is 10.3 Å². The van der Waals surface area contributed by atoms with Gasteiger partial charge in [-0.1, -0.05) is 25.1 Å². The zero-order valence-corrected chi connectivity index (χ0v) is 11.9. The maximum atomic E-state index is 11.2. The Morgan fingerprint density at radius 2 is 2.16 bits per heavy atom. The van der Waals surface area contributed by atoms with Gasteiger partial charge in [0.1, 0.15) is 11.4 Å². The molecule has 98 valence electrons. The molecule has 0 atom stereocenters. The van der Waals surface area contributed by atoms with Crippen molar-refractivity contribution in [1.82, 2.24) is 4.98 Å². The largest absolute Gasteiger partial charge is 0.478 e. The molecule has 1 heterocycles. The van der Waals surface area contributed by atoms with Gasteiger partial charge in [0.15, 0.2) is 0 Å². The van der Waals surface area contributed by atoms with E-state index in [9.17, 15) is 9.90 Å². The number of pyridine rings is 1. The van der Waals surface area contributed by atoms with Crippen LogP contribution in [-0.2, 0) is 6.42 Å². The molecular formula is C14H13BrN2O2. The summed E-state index contributed by atoms with van der Waals surface area (Å²) < 4.78 is 0.638. The molecule has 1 aromatic carbocycles. The number of benzene rings is 1. The van der Waals surface area contributed by atoms with Gasteiger partial charge < -0.3 is 10.4 Å². The van der Waals surface area contributed by atoms with Gasteiger partial charge in [0.05, 0.1) is 0 Å². The van der Waals surface area contributed by atoms with Crippen molar-refractivity contribution in [3.63, 3.8) is 0 Å². The highest BCUT2D eigenvalue weighted by atomic mass is 79.9. The highest BCUT2D eigenvalue weighted by Gasteiger charge is 2.13. The molecule has 0 saturated carbocycles. The maximum Gasteiger partial charge on any atom is 0.339 e. The Kier molecular flexibility index (Phi) is 4.16. The number of aromatic carboxylic acids is 1. The fourth-order valence-electron chi connectivity index (χ4n) is 1.78. The quantitative estimate of drug-likeness (QED) is 0.898. The fraction of sp³-hybridized carbons (Fsp3) is 0.143. The first kappa shape index (κ1) is 13.5. The number of aromatic nitrogens is 1. The highest BCUT2D eigenvalue weighted by Crippen LogP contribution is 2.24. The van der Waals surface area contributed by atoms with Crippen molar-refractivity contribution in [2.45, 2.75) is 13.3 Å². The fourth-order valence-corrected chi connectivity index (χ4v) is 2.11. The summed E-state index contributed by atoms with van der Waals surface area (Å²) in [5.74, 6) is -0.665. The van der Waals surface area contributed by atoms with Crippen molar-refractivity contribution in [2.24, 2.45) is 0 Å². The Morgan fingerprint density at radius 3 is 2.84 bits per heavy atom. The molecule has 2 N–H and O–H groups in total. The molecule has 0 amide bonds. The smallest absolute Gasteiger partial charge is 0.339 e. The average molecular weight is 321 g/mol. The highest BCUT2D eigenvalue weighted by molar-refractivity contribution is 9.10. The van der Waals surface area contributed by atoms with E-state index in [2.05, 4.69) is 26.2 Å². The molecule has 0 radical (unpaired) electrons. The molecule has 2 aromatic rings. The Bertz CT molecular complexity index is 614. The van der Waals surface area contributed by atoms with E-state index >= 15 is 0 Å². The van der Waals surface area contributed by atoms with Crippen LogP contribution in [0.1, 0.15) is 22.8 Å². The van der Waals surface area contributed by atoms with Gasteiger partial charge in [-0.25, -0.2) is 9.78 Å². The third-order valence-electron chi connectivity index (χ3n) is 2.74. The van der Waals surface area contributed by atoms with Crippen LogP contribution in [0.5, 0.6) is 0 Å². The molecule has 0 aliphatic rings. The molecule has 0 spiro atoms. The molecular weight excluding hydrogens is 308 g/mol. The van der Waals surface area contributed by atoms with E-state index in [1.807, 2.05) is 31.2 Å². The molecule has 0 unspecified atom stereocenters. The van der Waals surface area contributed by atoms with Gasteiger partial charge in [0, 0.05) is 16.4 Å². The first-order valence-electron chi connectivity index (χ1n) is 5.85. The number of para-hydroxylation sites is 1. The number of hydrogen-bond acceptors (Lipinski definition) is 3. The third-order valence-corrected chi connectivity index (χ3v) is 3.17. The van der Waals surface area contributed by atoms with Gasteiger partial charge in [0.25, 0.3) is 0 Å². The SMILES string of the molecule is CCc1ccccc1Nc1ncc(Br)cc1C(=O)O. The predicted molar refractivity (Wildman–Crippen MR) is 78.0 cm³/mol. The second-order valence-corrected chi connectivity index (χ2v) is 4.91. The Hall–Kier alpha value is -1.88. The van der Waals surface area contributed by atoms with Crippen LogP contribution in [0, 0.1) is 0 Å². The van der Waals surface area contributed by atoms with Crippen LogP contribution in [0.2, 0.25) is 0 Å². The molecule has 5 heteroatoms. The molecule has 1 aromatic heterocycles. The van der Waals surface area contributed by atoms with Crippen LogP contribution in [0.15, 0.2) is 41.0 Å². The Morgan fingerprint density at radius 1 is 1.42 bits per heavy atom. The minimum atomic E-state index is -1.01. The van der Waals surface area contributed by atoms with Gasteiger partial charge >= 0.3 is 5.97 Å². The standard InChI is InChI=1S/C14H13BrN2O2/c1-2-9-5-3-4-6-12(9)17-13-11(14(18)19)7-10(15)8-16-13/h3-8H,2H2,1H3,(H,16,17)(H,18,19). The lowest BCUT2D eigenvalue weighted by Crippen LogP contribution is -2.06. The summed E-state index contributed by atoms with van der Waals surface area (Å²) in [7, 11) is 0. The summed E-state index contributed by atoms with van der Waals surface area (Å²) >= 11 is 3.22. The van der Waals surface area contributed by atoms with Crippen molar-refractivity contribution in [2.75, 3.05) is 5.32 Å². The van der Waals surface area contributed by atoms with Crippen LogP contribution >= 0.6 is 15.9 Å². The van der Waals surface area contributed by atoms with Crippen LogP contribution in [0.3, 0.4) is 0 Å². The van der Waals surface area contributed by atoms with Crippen LogP contribution in [0.25, 0.3) is 0 Å². The van der Waals surface area contributed by atoms with Gasteiger partial charge in [0.2, 0.25) is 0 Å². The van der Waals surface area contributed by atoms with E-state index in [-0.39, 0.29) is 5.56 Å². The van der Waals surface area contributed by atoms with Crippen molar-refractivity contribution in [3.8, 4) is 0 Å². The van der Waals surface area contributed by atoms with Crippen molar-refractivity contribution in [3.05, 3.63) is 52.1 Å². The van der Waals surface area contributed by atoms with Gasteiger partial charge in [-0.15, -0.1) is 0 Å². The zero-order valence-electron chi connectivity index (χ0n) is 10.4. The minimum absolute atomic E-state index is 0.139. The van der Waals surface area contributed by atoms with E-state index in [1.165, 1.54) is 6.07 Å². The molecule has 0 aliphatic heterocycles. The van der Waals surface area contributed by atoms with E-state index in [0.717, 1.165) is 17.7 Å². The Labute approximate surface area is 119 Å². The lowest BCUT2D eigenvalue weighted by Gasteiger charge is -2.12. The van der Waals surface area contributed by atoms with E-state index in [1.54, 1.807) is 6.20 Å². The Balaban J connectivity index is 2.41. The van der Waals surface area contributed by atoms with Gasteiger partial charge in [-0.05, 0) is 40.0 Å². The molecule has 0 fully saturated rings. The first-order valence-corrected chi connectivity index (χ1v) is 6.65. The zero-order chi connectivity index (χ0) is 13.8. The molecule has 0 bridgehead atoms. The van der Waals surface area contributed by atoms with Gasteiger partial charge in [-0.3, -0.25) is 0 Å². The number of aryl methyl sites for hydroxylation is 1. The summed E-state index contributed by atoms with van der Waals surface area (Å²) in [6.45, 7) is 2.05. The topological polar surface area (TPSA) is 62.2 Å². The van der Waals surface area contributed by atoms with Crippen molar-refractivity contribution in [1.29, 1.82) is 0 Å². The number of rotatable bonds is 4. The number of nitrogens with zero attached hydrogens (tertiary/aromatic N) is 1. The summed E-state index contributed by atoms with van der Waals surface area (Å²) in [5.41, 5.74) is 2.13. The number of halogens is 1.